The van der Waals surface area contributed by atoms with Gasteiger partial charge in [-0.3, -0.25) is 9.69 Å². The van der Waals surface area contributed by atoms with Crippen LogP contribution in [0.2, 0.25) is 0 Å². The van der Waals surface area contributed by atoms with E-state index in [9.17, 15) is 13.2 Å². The van der Waals surface area contributed by atoms with Gasteiger partial charge in [-0.1, -0.05) is 0 Å². The number of nitrogens with zero attached hydrogens (tertiary/aromatic N) is 2. The summed E-state index contributed by atoms with van der Waals surface area (Å²) < 4.78 is 36.5. The van der Waals surface area contributed by atoms with E-state index < -0.39 is 15.9 Å². The van der Waals surface area contributed by atoms with Gasteiger partial charge < -0.3 is 14.9 Å². The first-order valence-electron chi connectivity index (χ1n) is 6.51. The Hall–Kier alpha value is -1.42. The standard InChI is InChI=1S/C12H19N3O5S/c1-14(9-11(13)16)7-10-8-15(4-6-19-10)21(17,18)12-3-2-5-20-12/h2-3,5,10H,4,6-9H2,1H3,(H2,13,16)/t10-/m1/s1. The predicted molar refractivity (Wildman–Crippen MR) is 73.9 cm³/mol. The van der Waals surface area contributed by atoms with Crippen molar-refractivity contribution < 1.29 is 22.4 Å². The maximum absolute atomic E-state index is 12.3. The molecule has 0 radical (unpaired) electrons. The van der Waals surface area contributed by atoms with Crippen molar-refractivity contribution in [3.63, 3.8) is 0 Å². The molecule has 0 saturated carbocycles. The van der Waals surface area contributed by atoms with E-state index in [0.717, 1.165) is 0 Å². The molecule has 1 amide bonds. The molecule has 2 rings (SSSR count). The SMILES string of the molecule is CN(CC(N)=O)C[C@@H]1CN(S(=O)(=O)c2ccco2)CCO1. The zero-order chi connectivity index (χ0) is 15.5. The number of ether oxygens (including phenoxy) is 1. The van der Waals surface area contributed by atoms with Gasteiger partial charge in [0.25, 0.3) is 10.0 Å². The smallest absolute Gasteiger partial charge is 0.276 e. The number of primary amides is 1. The van der Waals surface area contributed by atoms with Crippen molar-refractivity contribution in [2.45, 2.75) is 11.2 Å². The van der Waals surface area contributed by atoms with Gasteiger partial charge >= 0.3 is 0 Å². The predicted octanol–water partition coefficient (Wildman–Crippen LogP) is -0.914. The second-order valence-corrected chi connectivity index (χ2v) is 6.82. The van der Waals surface area contributed by atoms with Crippen molar-refractivity contribution in [1.29, 1.82) is 0 Å². The topological polar surface area (TPSA) is 106 Å². The molecule has 0 unspecified atom stereocenters. The van der Waals surface area contributed by atoms with Crippen LogP contribution in [-0.2, 0) is 19.6 Å². The molecule has 2 N–H and O–H groups in total. The number of amides is 1. The molecular weight excluding hydrogens is 298 g/mol. The van der Waals surface area contributed by atoms with Crippen LogP contribution in [0.1, 0.15) is 0 Å². The van der Waals surface area contributed by atoms with Crippen LogP contribution >= 0.6 is 0 Å². The Labute approximate surface area is 123 Å². The highest BCUT2D eigenvalue weighted by Crippen LogP contribution is 2.19. The van der Waals surface area contributed by atoms with Gasteiger partial charge in [0.05, 0.1) is 25.5 Å². The maximum atomic E-state index is 12.3. The number of furan rings is 1. The Morgan fingerprint density at radius 2 is 2.33 bits per heavy atom. The highest BCUT2D eigenvalue weighted by atomic mass is 32.2. The van der Waals surface area contributed by atoms with Crippen molar-refractivity contribution in [3.05, 3.63) is 18.4 Å². The van der Waals surface area contributed by atoms with E-state index in [4.69, 9.17) is 14.9 Å². The summed E-state index contributed by atoms with van der Waals surface area (Å²) in [6.07, 6.45) is 1.01. The van der Waals surface area contributed by atoms with E-state index in [1.807, 2.05) is 0 Å². The molecule has 2 heterocycles. The van der Waals surface area contributed by atoms with Crippen molar-refractivity contribution in [3.8, 4) is 0 Å². The fourth-order valence-corrected chi connectivity index (χ4v) is 3.60. The summed E-state index contributed by atoms with van der Waals surface area (Å²) in [5.74, 6) is -0.437. The summed E-state index contributed by atoms with van der Waals surface area (Å²) in [7, 11) is -1.90. The quantitative estimate of drug-likeness (QED) is 0.728. The fourth-order valence-electron chi connectivity index (χ4n) is 2.24. The number of carbonyl (C=O) groups excluding carboxylic acids is 1. The Balaban J connectivity index is 1.99. The Kier molecular flexibility index (Phi) is 4.99. The molecular formula is C12H19N3O5S. The third-order valence-corrected chi connectivity index (χ3v) is 4.88. The zero-order valence-electron chi connectivity index (χ0n) is 11.8. The van der Waals surface area contributed by atoms with Gasteiger partial charge in [0, 0.05) is 19.6 Å². The van der Waals surface area contributed by atoms with Crippen molar-refractivity contribution in [2.75, 3.05) is 39.8 Å². The highest BCUT2D eigenvalue weighted by Gasteiger charge is 2.32. The van der Waals surface area contributed by atoms with E-state index >= 15 is 0 Å². The van der Waals surface area contributed by atoms with Gasteiger partial charge in [-0.15, -0.1) is 0 Å². The monoisotopic (exact) mass is 317 g/mol. The van der Waals surface area contributed by atoms with E-state index in [-0.39, 0.29) is 30.8 Å². The molecule has 0 spiro atoms. The van der Waals surface area contributed by atoms with Crippen molar-refractivity contribution >= 4 is 15.9 Å². The van der Waals surface area contributed by atoms with Crippen LogP contribution < -0.4 is 5.73 Å². The first-order chi connectivity index (χ1) is 9.89. The lowest BCUT2D eigenvalue weighted by Crippen LogP contribution is -2.49. The number of hydrogen-bond donors (Lipinski definition) is 1. The average molecular weight is 317 g/mol. The number of hydrogen-bond acceptors (Lipinski definition) is 6. The number of carbonyl (C=O) groups is 1. The molecule has 21 heavy (non-hydrogen) atoms. The molecule has 1 saturated heterocycles. The number of rotatable bonds is 6. The highest BCUT2D eigenvalue weighted by molar-refractivity contribution is 7.89. The molecule has 0 bridgehead atoms. The minimum atomic E-state index is -3.63. The summed E-state index contributed by atoms with van der Waals surface area (Å²) in [5, 5.41) is -0.0753. The summed E-state index contributed by atoms with van der Waals surface area (Å²) in [4.78, 5) is 12.6. The first-order valence-corrected chi connectivity index (χ1v) is 7.95. The maximum Gasteiger partial charge on any atom is 0.276 e. The fraction of sp³-hybridized carbons (Fsp3) is 0.583. The van der Waals surface area contributed by atoms with Gasteiger partial charge in [-0.25, -0.2) is 8.42 Å². The summed E-state index contributed by atoms with van der Waals surface area (Å²) in [5.41, 5.74) is 5.12. The van der Waals surface area contributed by atoms with Crippen molar-refractivity contribution in [1.82, 2.24) is 9.21 Å². The number of likely N-dealkylation sites (N-methyl/N-ethyl adjacent to an activating group) is 1. The lowest BCUT2D eigenvalue weighted by molar-refractivity contribution is -0.119. The van der Waals surface area contributed by atoms with Gasteiger partial charge in [-0.2, -0.15) is 4.31 Å². The minimum absolute atomic E-state index is 0.0753. The largest absolute Gasteiger partial charge is 0.452 e. The normalized spacial score (nSPS) is 20.8. The Bertz CT molecular complexity index is 572. The number of sulfonamides is 1. The van der Waals surface area contributed by atoms with Crippen LogP contribution in [0, 0.1) is 0 Å². The van der Waals surface area contributed by atoms with Gasteiger partial charge in [-0.05, 0) is 19.2 Å². The molecule has 1 aliphatic heterocycles. The van der Waals surface area contributed by atoms with E-state index in [1.54, 1.807) is 11.9 Å². The molecule has 0 aromatic carbocycles. The lowest BCUT2D eigenvalue weighted by Gasteiger charge is -2.33. The lowest BCUT2D eigenvalue weighted by atomic mass is 10.3. The molecule has 1 aliphatic rings. The number of morpholine rings is 1. The minimum Gasteiger partial charge on any atom is -0.452 e. The molecule has 1 aromatic rings. The van der Waals surface area contributed by atoms with Crippen molar-refractivity contribution in [2.24, 2.45) is 5.73 Å². The van der Waals surface area contributed by atoms with E-state index in [0.29, 0.717) is 13.2 Å². The number of nitrogens with two attached hydrogens (primary N) is 1. The van der Waals surface area contributed by atoms with Gasteiger partial charge in [0.1, 0.15) is 0 Å². The van der Waals surface area contributed by atoms with Crippen LogP contribution in [0.25, 0.3) is 0 Å². The first kappa shape index (κ1) is 16.0. The van der Waals surface area contributed by atoms with Crippen LogP contribution in [0.4, 0.5) is 0 Å². The molecule has 0 aliphatic carbocycles. The third kappa shape index (κ3) is 4.03. The van der Waals surface area contributed by atoms with Crippen LogP contribution in [-0.4, -0.2) is 69.5 Å². The van der Waals surface area contributed by atoms with Crippen LogP contribution in [0.15, 0.2) is 27.9 Å². The Morgan fingerprint density at radius 1 is 1.57 bits per heavy atom. The molecule has 1 atom stereocenters. The van der Waals surface area contributed by atoms with Crippen LogP contribution in [0.3, 0.4) is 0 Å². The summed E-state index contributed by atoms with van der Waals surface area (Å²) in [6, 6.07) is 2.95. The average Bonchev–Trinajstić information content (AvgIpc) is 2.92. The third-order valence-electron chi connectivity index (χ3n) is 3.13. The second kappa shape index (κ2) is 6.56. The van der Waals surface area contributed by atoms with E-state index in [2.05, 4.69) is 0 Å². The van der Waals surface area contributed by atoms with Gasteiger partial charge in [0.15, 0.2) is 0 Å². The van der Waals surface area contributed by atoms with Crippen LogP contribution in [0.5, 0.6) is 0 Å². The summed E-state index contributed by atoms with van der Waals surface area (Å²) >= 11 is 0. The second-order valence-electron chi connectivity index (χ2n) is 4.95. The molecule has 8 nitrogen and oxygen atoms in total. The zero-order valence-corrected chi connectivity index (χ0v) is 12.6. The molecule has 118 valence electrons. The molecule has 1 aromatic heterocycles. The molecule has 1 fully saturated rings. The van der Waals surface area contributed by atoms with E-state index in [1.165, 1.54) is 22.7 Å². The Morgan fingerprint density at radius 3 is 2.95 bits per heavy atom. The summed E-state index contributed by atoms with van der Waals surface area (Å²) in [6.45, 7) is 1.32. The van der Waals surface area contributed by atoms with Gasteiger partial charge in [0.2, 0.25) is 11.0 Å². The molecule has 9 heteroatoms.